The number of amides is 2. The van der Waals surface area contributed by atoms with Crippen molar-refractivity contribution in [1.82, 2.24) is 5.43 Å². The van der Waals surface area contributed by atoms with E-state index in [-0.39, 0.29) is 0 Å². The van der Waals surface area contributed by atoms with Crippen LogP contribution in [0.1, 0.15) is 26.3 Å². The molecule has 0 aromatic heterocycles. The van der Waals surface area contributed by atoms with E-state index in [1.54, 1.807) is 31.4 Å². The second kappa shape index (κ2) is 10.8. The molecule has 154 valence electrons. The minimum Gasteiger partial charge on any atom is -0.497 e. The Bertz CT molecular complexity index is 830. The molecule has 0 saturated heterocycles. The first-order valence-corrected chi connectivity index (χ1v) is 9.39. The van der Waals surface area contributed by atoms with Crippen LogP contribution in [0.15, 0.2) is 53.6 Å². The summed E-state index contributed by atoms with van der Waals surface area (Å²) in [4.78, 5) is 24.4. The molecular formula is C22H27N3O4. The number of hydrazone groups is 1. The van der Waals surface area contributed by atoms with E-state index in [4.69, 9.17) is 9.47 Å². The first-order valence-electron chi connectivity index (χ1n) is 9.39. The molecule has 0 spiro atoms. The molecule has 29 heavy (non-hydrogen) atoms. The van der Waals surface area contributed by atoms with Gasteiger partial charge in [-0.2, -0.15) is 5.10 Å². The smallest absolute Gasteiger partial charge is 0.252 e. The SMILES string of the molecule is COc1ccc(NC(=O)C(C)C(=O)NN=Cc2ccc(OCC(C)C)cc2)cc1. The van der Waals surface area contributed by atoms with Crippen molar-refractivity contribution in [1.29, 1.82) is 0 Å². The van der Waals surface area contributed by atoms with E-state index in [0.717, 1.165) is 11.3 Å². The molecule has 1 unspecified atom stereocenters. The fourth-order valence-electron chi connectivity index (χ4n) is 2.22. The Balaban J connectivity index is 1.82. The van der Waals surface area contributed by atoms with Gasteiger partial charge in [-0.1, -0.05) is 13.8 Å². The topological polar surface area (TPSA) is 89.0 Å². The van der Waals surface area contributed by atoms with Crippen molar-refractivity contribution < 1.29 is 19.1 Å². The Morgan fingerprint density at radius 3 is 2.17 bits per heavy atom. The van der Waals surface area contributed by atoms with Gasteiger partial charge in [-0.05, 0) is 66.9 Å². The van der Waals surface area contributed by atoms with E-state index >= 15 is 0 Å². The van der Waals surface area contributed by atoms with E-state index in [1.165, 1.54) is 13.1 Å². The first-order chi connectivity index (χ1) is 13.9. The van der Waals surface area contributed by atoms with Crippen LogP contribution in [0.3, 0.4) is 0 Å². The zero-order valence-corrected chi connectivity index (χ0v) is 17.1. The van der Waals surface area contributed by atoms with Gasteiger partial charge in [-0.25, -0.2) is 5.43 Å². The monoisotopic (exact) mass is 397 g/mol. The molecule has 0 aliphatic carbocycles. The van der Waals surface area contributed by atoms with Gasteiger partial charge < -0.3 is 14.8 Å². The maximum Gasteiger partial charge on any atom is 0.252 e. The fraction of sp³-hybridized carbons (Fsp3) is 0.318. The molecule has 0 aliphatic rings. The third kappa shape index (κ3) is 7.29. The van der Waals surface area contributed by atoms with Crippen LogP contribution in [0.4, 0.5) is 5.69 Å². The number of methoxy groups -OCH3 is 1. The first kappa shape index (κ1) is 21.9. The lowest BCUT2D eigenvalue weighted by molar-refractivity contribution is -0.131. The Morgan fingerprint density at radius 1 is 0.966 bits per heavy atom. The maximum atomic E-state index is 12.2. The summed E-state index contributed by atoms with van der Waals surface area (Å²) in [6.45, 7) is 6.34. The van der Waals surface area contributed by atoms with Crippen LogP contribution in [0.2, 0.25) is 0 Å². The summed E-state index contributed by atoms with van der Waals surface area (Å²) in [7, 11) is 1.57. The van der Waals surface area contributed by atoms with Gasteiger partial charge in [0.25, 0.3) is 5.91 Å². The molecule has 0 bridgehead atoms. The zero-order chi connectivity index (χ0) is 21.2. The van der Waals surface area contributed by atoms with Gasteiger partial charge in [0.1, 0.15) is 17.4 Å². The Kier molecular flexibility index (Phi) is 8.21. The predicted octanol–water partition coefficient (Wildman–Crippen LogP) is 3.45. The number of nitrogens with one attached hydrogen (secondary N) is 2. The third-order valence-corrected chi connectivity index (χ3v) is 4.00. The van der Waals surface area contributed by atoms with E-state index in [2.05, 4.69) is 29.7 Å². The molecule has 2 amide bonds. The largest absolute Gasteiger partial charge is 0.497 e. The van der Waals surface area contributed by atoms with Gasteiger partial charge in [-0.3, -0.25) is 9.59 Å². The summed E-state index contributed by atoms with van der Waals surface area (Å²) in [6, 6.07) is 14.2. The van der Waals surface area contributed by atoms with Crippen LogP contribution in [0.5, 0.6) is 11.5 Å². The summed E-state index contributed by atoms with van der Waals surface area (Å²) >= 11 is 0. The lowest BCUT2D eigenvalue weighted by Gasteiger charge is -2.11. The Hall–Kier alpha value is -3.35. The number of anilines is 1. The summed E-state index contributed by atoms with van der Waals surface area (Å²) in [5.41, 5.74) is 3.77. The number of ether oxygens (including phenoxy) is 2. The van der Waals surface area contributed by atoms with Gasteiger partial charge in [0.05, 0.1) is 19.9 Å². The average molecular weight is 397 g/mol. The molecule has 7 heteroatoms. The molecular weight excluding hydrogens is 370 g/mol. The van der Waals surface area contributed by atoms with Gasteiger partial charge >= 0.3 is 0 Å². The number of rotatable bonds is 9. The van der Waals surface area contributed by atoms with Crippen molar-refractivity contribution in [3.8, 4) is 11.5 Å². The van der Waals surface area contributed by atoms with Crippen molar-refractivity contribution in [3.05, 3.63) is 54.1 Å². The van der Waals surface area contributed by atoms with Crippen molar-refractivity contribution in [2.45, 2.75) is 20.8 Å². The third-order valence-electron chi connectivity index (χ3n) is 4.00. The van der Waals surface area contributed by atoms with E-state index in [9.17, 15) is 9.59 Å². The standard InChI is InChI=1S/C22H27N3O4/c1-15(2)14-29-20-9-5-17(6-10-20)13-23-25-22(27)16(3)21(26)24-18-7-11-19(28-4)12-8-18/h5-13,15-16H,14H2,1-4H3,(H,24,26)(H,25,27). The molecule has 2 rings (SSSR count). The maximum absolute atomic E-state index is 12.2. The highest BCUT2D eigenvalue weighted by Crippen LogP contribution is 2.16. The van der Waals surface area contributed by atoms with Gasteiger partial charge in [-0.15, -0.1) is 0 Å². The highest BCUT2D eigenvalue weighted by molar-refractivity contribution is 6.06. The van der Waals surface area contributed by atoms with Gasteiger partial charge in [0.2, 0.25) is 5.91 Å². The second-order valence-electron chi connectivity index (χ2n) is 6.95. The fourth-order valence-corrected chi connectivity index (χ4v) is 2.22. The molecule has 0 heterocycles. The zero-order valence-electron chi connectivity index (χ0n) is 17.1. The number of hydrogen-bond acceptors (Lipinski definition) is 5. The van der Waals surface area contributed by atoms with E-state index in [1.807, 2.05) is 24.3 Å². The minimum atomic E-state index is -0.902. The molecule has 1 atom stereocenters. The highest BCUT2D eigenvalue weighted by atomic mass is 16.5. The minimum absolute atomic E-state index is 0.422. The predicted molar refractivity (Wildman–Crippen MR) is 113 cm³/mol. The number of carbonyl (C=O) groups excluding carboxylic acids is 2. The molecule has 2 N–H and O–H groups in total. The number of benzene rings is 2. The van der Waals surface area contributed by atoms with Crippen LogP contribution >= 0.6 is 0 Å². The number of hydrogen-bond donors (Lipinski definition) is 2. The van der Waals surface area contributed by atoms with Crippen LogP contribution in [-0.2, 0) is 9.59 Å². The summed E-state index contributed by atoms with van der Waals surface area (Å²) in [5, 5.41) is 6.60. The van der Waals surface area contributed by atoms with Crippen molar-refractivity contribution in [2.24, 2.45) is 16.9 Å². The molecule has 0 radical (unpaired) electrons. The number of carbonyl (C=O) groups is 2. The molecule has 0 aliphatic heterocycles. The quantitative estimate of drug-likeness (QED) is 0.385. The molecule has 2 aromatic carbocycles. The highest BCUT2D eigenvalue weighted by Gasteiger charge is 2.21. The average Bonchev–Trinajstić information content (AvgIpc) is 2.73. The summed E-state index contributed by atoms with van der Waals surface area (Å²) < 4.78 is 10.7. The number of nitrogens with zero attached hydrogens (tertiary/aromatic N) is 1. The van der Waals surface area contributed by atoms with E-state index < -0.39 is 17.7 Å². The molecule has 0 saturated carbocycles. The Morgan fingerprint density at radius 2 is 1.59 bits per heavy atom. The normalized spacial score (nSPS) is 11.9. The molecule has 0 fully saturated rings. The van der Waals surface area contributed by atoms with Crippen LogP contribution < -0.4 is 20.2 Å². The van der Waals surface area contributed by atoms with Crippen LogP contribution in [-0.4, -0.2) is 31.7 Å². The van der Waals surface area contributed by atoms with Crippen molar-refractivity contribution in [2.75, 3.05) is 19.0 Å². The van der Waals surface area contributed by atoms with Crippen molar-refractivity contribution in [3.63, 3.8) is 0 Å². The molecule has 7 nitrogen and oxygen atoms in total. The summed E-state index contributed by atoms with van der Waals surface area (Å²) in [6.07, 6.45) is 1.51. The van der Waals surface area contributed by atoms with Gasteiger partial charge in [0, 0.05) is 5.69 Å². The second-order valence-corrected chi connectivity index (χ2v) is 6.95. The van der Waals surface area contributed by atoms with Gasteiger partial charge in [0.15, 0.2) is 0 Å². The van der Waals surface area contributed by atoms with Crippen LogP contribution in [0.25, 0.3) is 0 Å². The van der Waals surface area contributed by atoms with Crippen LogP contribution in [0, 0.1) is 11.8 Å². The Labute approximate surface area is 171 Å². The lowest BCUT2D eigenvalue weighted by Crippen LogP contribution is -2.34. The van der Waals surface area contributed by atoms with E-state index in [0.29, 0.717) is 24.0 Å². The lowest BCUT2D eigenvalue weighted by atomic mass is 10.1. The molecule has 2 aromatic rings. The summed E-state index contributed by atoms with van der Waals surface area (Å²) in [5.74, 6) is 0.0986. The van der Waals surface area contributed by atoms with Crippen molar-refractivity contribution >= 4 is 23.7 Å².